The number of likely N-dealkylation sites (tertiary alicyclic amines) is 1. The molecule has 1 saturated carbocycles. The van der Waals surface area contributed by atoms with Crippen LogP contribution in [0.25, 0.3) is 16.6 Å². The van der Waals surface area contributed by atoms with E-state index < -0.39 is 11.1 Å². The van der Waals surface area contributed by atoms with Gasteiger partial charge in [-0.05, 0) is 101 Å². The Balaban J connectivity index is 0.000000284. The average molecular weight is 632 g/mol. The van der Waals surface area contributed by atoms with Crippen LogP contribution in [0.4, 0.5) is 4.39 Å². The highest BCUT2D eigenvalue weighted by Crippen LogP contribution is 2.36. The number of halogens is 1. The van der Waals surface area contributed by atoms with Crippen molar-refractivity contribution >= 4 is 28.8 Å². The molecule has 1 amide bonds. The summed E-state index contributed by atoms with van der Waals surface area (Å²) in [6.45, 7) is 13.1. The van der Waals surface area contributed by atoms with E-state index in [9.17, 15) is 19.1 Å². The first-order chi connectivity index (χ1) is 21.7. The molecule has 3 aromatic rings. The number of hydrogen-bond donors (Lipinski definition) is 5. The number of nitrogens with zero attached hydrogens (tertiary/aromatic N) is 1. The minimum Gasteiger partial charge on any atom is -0.390 e. The molecule has 2 fully saturated rings. The molecule has 0 bridgehead atoms. The lowest BCUT2D eigenvalue weighted by Gasteiger charge is -2.54. The number of aldehydes is 1. The fraction of sp³-hybridized carbons (Fsp3) is 0.459. The molecule has 8 nitrogen and oxygen atoms in total. The van der Waals surface area contributed by atoms with Crippen molar-refractivity contribution in [1.29, 1.82) is 0 Å². The van der Waals surface area contributed by atoms with Crippen molar-refractivity contribution in [1.82, 2.24) is 25.8 Å². The summed E-state index contributed by atoms with van der Waals surface area (Å²) >= 11 is 0. The van der Waals surface area contributed by atoms with Gasteiger partial charge in [-0.2, -0.15) is 0 Å². The van der Waals surface area contributed by atoms with E-state index >= 15 is 0 Å². The van der Waals surface area contributed by atoms with E-state index in [1.807, 2.05) is 27.1 Å². The molecule has 0 unspecified atom stereocenters. The van der Waals surface area contributed by atoms with Crippen LogP contribution in [0.5, 0.6) is 0 Å². The second-order valence-electron chi connectivity index (χ2n) is 13.7. The SMILES string of the molecule is C=C(/C=C(\NC)c1ccc(C)cc1F)C(=O)NC1(CC=O)CN(C2CCC(C)(O)CC2)C1.CNC(C)(C)c1cccc2cc[nH]c12. The monoisotopic (exact) mass is 631 g/mol. The van der Waals surface area contributed by atoms with Gasteiger partial charge in [0.2, 0.25) is 0 Å². The molecule has 1 aliphatic heterocycles. The van der Waals surface area contributed by atoms with E-state index in [1.165, 1.54) is 28.6 Å². The first-order valence-corrected chi connectivity index (χ1v) is 16.1. The number of carbonyl (C=O) groups excluding carboxylic acids is 2. The van der Waals surface area contributed by atoms with Crippen LogP contribution in [-0.2, 0) is 15.1 Å². The van der Waals surface area contributed by atoms with Gasteiger partial charge in [0.25, 0.3) is 5.91 Å². The van der Waals surface area contributed by atoms with Gasteiger partial charge in [0.1, 0.15) is 12.1 Å². The summed E-state index contributed by atoms with van der Waals surface area (Å²) in [7, 11) is 3.65. The Morgan fingerprint density at radius 1 is 1.17 bits per heavy atom. The molecule has 1 aliphatic carbocycles. The number of nitrogens with one attached hydrogen (secondary N) is 4. The fourth-order valence-corrected chi connectivity index (χ4v) is 6.42. The van der Waals surface area contributed by atoms with Crippen molar-refractivity contribution in [2.45, 2.75) is 82.5 Å². The minimum absolute atomic E-state index is 0.00433. The molecule has 1 saturated heterocycles. The molecular weight excluding hydrogens is 581 g/mol. The second-order valence-corrected chi connectivity index (χ2v) is 13.7. The Hall–Kier alpha value is -3.79. The van der Waals surface area contributed by atoms with Crippen LogP contribution in [0.3, 0.4) is 0 Å². The predicted octanol–water partition coefficient (Wildman–Crippen LogP) is 5.33. The van der Waals surface area contributed by atoms with Gasteiger partial charge in [-0.3, -0.25) is 9.69 Å². The Bertz CT molecular complexity index is 1570. The van der Waals surface area contributed by atoms with E-state index in [0.29, 0.717) is 30.4 Å². The molecule has 5 rings (SSSR count). The highest BCUT2D eigenvalue weighted by Gasteiger charge is 2.47. The Morgan fingerprint density at radius 2 is 1.87 bits per heavy atom. The topological polar surface area (TPSA) is 109 Å². The van der Waals surface area contributed by atoms with Gasteiger partial charge in [-0.25, -0.2) is 4.39 Å². The zero-order valence-corrected chi connectivity index (χ0v) is 28.1. The van der Waals surface area contributed by atoms with Gasteiger partial charge in [0.05, 0.1) is 16.7 Å². The number of para-hydroxylation sites is 1. The molecule has 0 atom stereocenters. The Labute approximate surface area is 272 Å². The maximum atomic E-state index is 14.4. The van der Waals surface area contributed by atoms with Crippen molar-refractivity contribution in [3.63, 3.8) is 0 Å². The number of hydrogen-bond acceptors (Lipinski definition) is 6. The highest BCUT2D eigenvalue weighted by molar-refractivity contribution is 5.98. The van der Waals surface area contributed by atoms with Gasteiger partial charge in [0.15, 0.2) is 0 Å². The fourth-order valence-electron chi connectivity index (χ4n) is 6.42. The number of fused-ring (bicyclic) bond motifs is 1. The first-order valence-electron chi connectivity index (χ1n) is 16.1. The predicted molar refractivity (Wildman–Crippen MR) is 184 cm³/mol. The molecule has 0 radical (unpaired) electrons. The third-order valence-electron chi connectivity index (χ3n) is 9.59. The first kappa shape index (κ1) is 35.1. The Morgan fingerprint density at radius 3 is 2.48 bits per heavy atom. The van der Waals surface area contributed by atoms with Crippen LogP contribution in [0.1, 0.15) is 69.6 Å². The summed E-state index contributed by atoms with van der Waals surface area (Å²) in [5.41, 5.74) is 3.14. The smallest absolute Gasteiger partial charge is 0.251 e. The van der Waals surface area contributed by atoms with Crippen molar-refractivity contribution in [3.05, 3.63) is 89.4 Å². The summed E-state index contributed by atoms with van der Waals surface area (Å²) in [4.78, 5) is 29.8. The van der Waals surface area contributed by atoms with Gasteiger partial charge in [-0.15, -0.1) is 0 Å². The maximum Gasteiger partial charge on any atom is 0.251 e. The number of aromatic nitrogens is 1. The van der Waals surface area contributed by atoms with Gasteiger partial charge in [0, 0.05) is 61.2 Å². The number of rotatable bonds is 10. The van der Waals surface area contributed by atoms with Crippen molar-refractivity contribution < 1.29 is 19.1 Å². The summed E-state index contributed by atoms with van der Waals surface area (Å²) in [5.74, 6) is -0.754. The van der Waals surface area contributed by atoms with Gasteiger partial charge < -0.3 is 30.8 Å². The molecule has 46 heavy (non-hydrogen) atoms. The molecular formula is C37H50FN5O3. The van der Waals surface area contributed by atoms with Crippen molar-refractivity contribution in [3.8, 4) is 0 Å². The third kappa shape index (κ3) is 8.13. The van der Waals surface area contributed by atoms with Crippen LogP contribution in [-0.4, -0.2) is 71.6 Å². The number of aryl methyl sites for hydroxylation is 1. The molecule has 2 aromatic carbocycles. The van der Waals surface area contributed by atoms with E-state index in [1.54, 1.807) is 19.2 Å². The highest BCUT2D eigenvalue weighted by atomic mass is 19.1. The average Bonchev–Trinajstić information content (AvgIpc) is 3.48. The molecule has 5 N–H and O–H groups in total. The quantitative estimate of drug-likeness (QED) is 0.118. The summed E-state index contributed by atoms with van der Waals surface area (Å²) in [6.07, 6.45) is 7.89. The number of H-pyrrole nitrogens is 1. The molecule has 1 aromatic heterocycles. The van der Waals surface area contributed by atoms with Gasteiger partial charge in [-0.1, -0.05) is 30.8 Å². The zero-order valence-electron chi connectivity index (χ0n) is 28.1. The van der Waals surface area contributed by atoms with Crippen LogP contribution in [0.2, 0.25) is 0 Å². The van der Waals surface area contributed by atoms with E-state index in [4.69, 9.17) is 0 Å². The van der Waals surface area contributed by atoms with Crippen LogP contribution in [0.15, 0.2) is 66.9 Å². The minimum atomic E-state index is -0.621. The van der Waals surface area contributed by atoms with E-state index in [-0.39, 0.29) is 29.3 Å². The lowest BCUT2D eigenvalue weighted by atomic mass is 9.78. The zero-order chi connectivity index (χ0) is 33.7. The molecule has 9 heteroatoms. The largest absolute Gasteiger partial charge is 0.390 e. The van der Waals surface area contributed by atoms with Crippen molar-refractivity contribution in [2.75, 3.05) is 27.2 Å². The summed E-state index contributed by atoms with van der Waals surface area (Å²) in [5, 5.41) is 20.7. The number of aliphatic hydroxyl groups is 1. The van der Waals surface area contributed by atoms with Crippen molar-refractivity contribution in [2.24, 2.45) is 0 Å². The van der Waals surface area contributed by atoms with Crippen LogP contribution < -0.4 is 16.0 Å². The second kappa shape index (κ2) is 14.3. The number of aromatic amines is 1. The lowest BCUT2D eigenvalue weighted by Crippen LogP contribution is -2.72. The van der Waals surface area contributed by atoms with Crippen LogP contribution in [0, 0.1) is 12.7 Å². The van der Waals surface area contributed by atoms with Crippen LogP contribution >= 0.6 is 0 Å². The lowest BCUT2D eigenvalue weighted by molar-refractivity contribution is -0.124. The maximum absolute atomic E-state index is 14.4. The molecule has 2 aliphatic rings. The summed E-state index contributed by atoms with van der Waals surface area (Å²) in [6, 6.07) is 13.8. The Kier molecular flexibility index (Phi) is 10.9. The van der Waals surface area contributed by atoms with E-state index in [0.717, 1.165) is 37.5 Å². The number of amides is 1. The molecule has 248 valence electrons. The normalized spacial score (nSPS) is 21.5. The molecule has 0 spiro atoms. The number of benzene rings is 2. The van der Waals surface area contributed by atoms with Gasteiger partial charge >= 0.3 is 0 Å². The third-order valence-corrected chi connectivity index (χ3v) is 9.59. The summed E-state index contributed by atoms with van der Waals surface area (Å²) < 4.78 is 14.4. The molecule has 2 heterocycles. The standard InChI is InChI=1S/C25H34FN3O3.C12H16N2/c1-17-5-6-20(21(26)13-17)22(27-4)14-18(2)23(31)28-25(11-12-30)15-29(16-25)19-7-9-24(3,32)10-8-19;1-12(2,13-3)10-6-4-5-9-7-8-14-11(9)10/h5-6,12-14,19,27,32H,2,7-11,15-16H2,1,3-4H3,(H,28,31);4-8,13-14H,1-3H3/b22-14-;. The number of carbonyl (C=O) groups is 2. The van der Waals surface area contributed by atoms with E-state index in [2.05, 4.69) is 70.5 Å².